The van der Waals surface area contributed by atoms with Crippen LogP contribution in [0.1, 0.15) is 19.8 Å². The van der Waals surface area contributed by atoms with Crippen molar-refractivity contribution in [1.29, 1.82) is 0 Å². The lowest BCUT2D eigenvalue weighted by Gasteiger charge is -2.32. The van der Waals surface area contributed by atoms with E-state index in [-0.39, 0.29) is 11.9 Å². The molecule has 1 atom stereocenters. The summed E-state index contributed by atoms with van der Waals surface area (Å²) >= 11 is 0. The fourth-order valence-corrected chi connectivity index (χ4v) is 2.03. The van der Waals surface area contributed by atoms with E-state index >= 15 is 0 Å². The minimum Gasteiger partial charge on any atom is -0.358 e. The monoisotopic (exact) mass is 223 g/mol. The minimum atomic E-state index is -0.116. The Morgan fingerprint density at radius 1 is 1.56 bits per heavy atom. The highest BCUT2D eigenvalue weighted by atomic mass is 16.2. The Morgan fingerprint density at radius 3 is 2.69 bits per heavy atom. The van der Waals surface area contributed by atoms with Crippen LogP contribution < -0.4 is 10.6 Å². The summed E-state index contributed by atoms with van der Waals surface area (Å²) in [6.45, 7) is 4.66. The third kappa shape index (κ3) is 3.84. The molecular formula is C12H21N3O. The van der Waals surface area contributed by atoms with Gasteiger partial charge >= 0.3 is 0 Å². The molecular weight excluding hydrogens is 202 g/mol. The summed E-state index contributed by atoms with van der Waals surface area (Å²) in [4.78, 5) is 13.6. The largest absolute Gasteiger partial charge is 0.358 e. The summed E-state index contributed by atoms with van der Waals surface area (Å²) in [5, 5.41) is 5.99. The second-order valence-electron chi connectivity index (χ2n) is 4.26. The van der Waals surface area contributed by atoms with Gasteiger partial charge in [0, 0.05) is 26.2 Å². The number of rotatable bonds is 4. The van der Waals surface area contributed by atoms with Crippen molar-refractivity contribution >= 4 is 5.91 Å². The summed E-state index contributed by atoms with van der Waals surface area (Å²) in [6.07, 6.45) is 7.39. The first kappa shape index (κ1) is 13.0. The van der Waals surface area contributed by atoms with Crippen LogP contribution in [0.25, 0.3) is 0 Å². The molecule has 1 amide bonds. The maximum Gasteiger partial charge on any atom is 0.236 e. The topological polar surface area (TPSA) is 44.4 Å². The number of piperidine rings is 1. The van der Waals surface area contributed by atoms with E-state index in [1.54, 1.807) is 7.05 Å². The van der Waals surface area contributed by atoms with Crippen molar-refractivity contribution in [2.45, 2.75) is 31.8 Å². The molecule has 1 unspecified atom stereocenters. The van der Waals surface area contributed by atoms with Crippen LogP contribution in [0.15, 0.2) is 0 Å². The number of hydrogen-bond donors (Lipinski definition) is 2. The average molecular weight is 223 g/mol. The molecule has 1 heterocycles. The van der Waals surface area contributed by atoms with Gasteiger partial charge in [-0.15, -0.1) is 6.42 Å². The number of carbonyl (C=O) groups excluding carboxylic acids is 1. The second-order valence-corrected chi connectivity index (χ2v) is 4.26. The first-order valence-electron chi connectivity index (χ1n) is 5.80. The SMILES string of the molecule is C#CCN1CCC(NC(C)C(=O)NC)CC1. The van der Waals surface area contributed by atoms with Crippen molar-refractivity contribution < 1.29 is 4.79 Å². The zero-order valence-corrected chi connectivity index (χ0v) is 10.1. The van der Waals surface area contributed by atoms with Crippen LogP contribution in [0.2, 0.25) is 0 Å². The molecule has 0 radical (unpaired) electrons. The fourth-order valence-electron chi connectivity index (χ4n) is 2.03. The van der Waals surface area contributed by atoms with E-state index in [2.05, 4.69) is 21.5 Å². The standard InChI is InChI=1S/C12H21N3O/c1-4-7-15-8-5-11(6-9-15)14-10(2)12(16)13-3/h1,10-11,14H,5-9H2,2-3H3,(H,13,16). The fraction of sp³-hybridized carbons (Fsp3) is 0.750. The van der Waals surface area contributed by atoms with Crippen molar-refractivity contribution in [2.75, 3.05) is 26.7 Å². The molecule has 1 saturated heterocycles. The lowest BCUT2D eigenvalue weighted by Crippen LogP contribution is -2.49. The molecule has 0 aromatic rings. The number of nitrogens with one attached hydrogen (secondary N) is 2. The number of nitrogens with zero attached hydrogens (tertiary/aromatic N) is 1. The number of terminal acetylenes is 1. The van der Waals surface area contributed by atoms with Crippen LogP contribution in [-0.4, -0.2) is 49.6 Å². The molecule has 1 fully saturated rings. The minimum absolute atomic E-state index is 0.0473. The zero-order chi connectivity index (χ0) is 12.0. The number of likely N-dealkylation sites (tertiary alicyclic amines) is 1. The highest BCUT2D eigenvalue weighted by Crippen LogP contribution is 2.10. The van der Waals surface area contributed by atoms with Crippen LogP contribution in [-0.2, 0) is 4.79 Å². The molecule has 1 rings (SSSR count). The van der Waals surface area contributed by atoms with E-state index in [1.165, 1.54) is 0 Å². The molecule has 0 aliphatic carbocycles. The average Bonchev–Trinajstić information content (AvgIpc) is 2.31. The van der Waals surface area contributed by atoms with Crippen LogP contribution in [0.5, 0.6) is 0 Å². The molecule has 1 aliphatic heterocycles. The molecule has 90 valence electrons. The molecule has 0 aromatic carbocycles. The predicted octanol–water partition coefficient (Wildman–Crippen LogP) is -0.192. The van der Waals surface area contributed by atoms with Crippen LogP contribution >= 0.6 is 0 Å². The lowest BCUT2D eigenvalue weighted by atomic mass is 10.0. The first-order chi connectivity index (χ1) is 7.67. The Kier molecular flexibility index (Phi) is 5.30. The second kappa shape index (κ2) is 6.51. The number of hydrogen-bond acceptors (Lipinski definition) is 3. The maximum absolute atomic E-state index is 11.3. The first-order valence-corrected chi connectivity index (χ1v) is 5.80. The van der Waals surface area contributed by atoms with Gasteiger partial charge in [-0.3, -0.25) is 9.69 Å². The van der Waals surface area contributed by atoms with Crippen LogP contribution in [0, 0.1) is 12.3 Å². The zero-order valence-electron chi connectivity index (χ0n) is 10.1. The Labute approximate surface area is 97.8 Å². The quantitative estimate of drug-likeness (QED) is 0.649. The molecule has 2 N–H and O–H groups in total. The van der Waals surface area contributed by atoms with Crippen molar-refractivity contribution in [3.63, 3.8) is 0 Å². The Hall–Kier alpha value is -1.05. The number of amides is 1. The third-order valence-corrected chi connectivity index (χ3v) is 3.03. The van der Waals surface area contributed by atoms with E-state index in [9.17, 15) is 4.79 Å². The Morgan fingerprint density at radius 2 is 2.19 bits per heavy atom. The molecule has 0 aromatic heterocycles. The normalized spacial score (nSPS) is 20.1. The van der Waals surface area contributed by atoms with Gasteiger partial charge in [0.05, 0.1) is 12.6 Å². The van der Waals surface area contributed by atoms with E-state index in [1.807, 2.05) is 6.92 Å². The third-order valence-electron chi connectivity index (χ3n) is 3.03. The van der Waals surface area contributed by atoms with Gasteiger partial charge in [0.1, 0.15) is 0 Å². The summed E-state index contributed by atoms with van der Waals surface area (Å²) in [5.74, 6) is 2.71. The van der Waals surface area contributed by atoms with Crippen LogP contribution in [0.4, 0.5) is 0 Å². The van der Waals surface area contributed by atoms with Gasteiger partial charge in [-0.2, -0.15) is 0 Å². The highest BCUT2D eigenvalue weighted by Gasteiger charge is 2.21. The van der Waals surface area contributed by atoms with Crippen molar-refractivity contribution in [3.8, 4) is 12.3 Å². The smallest absolute Gasteiger partial charge is 0.236 e. The number of likely N-dealkylation sites (N-methyl/N-ethyl adjacent to an activating group) is 1. The van der Waals surface area contributed by atoms with E-state index in [0.29, 0.717) is 6.04 Å². The predicted molar refractivity (Wildman–Crippen MR) is 65.0 cm³/mol. The summed E-state index contributed by atoms with van der Waals surface area (Å²) < 4.78 is 0. The number of carbonyl (C=O) groups is 1. The highest BCUT2D eigenvalue weighted by molar-refractivity contribution is 5.80. The molecule has 0 spiro atoms. The summed E-state index contributed by atoms with van der Waals surface area (Å²) in [7, 11) is 1.66. The van der Waals surface area contributed by atoms with Gasteiger partial charge in [0.25, 0.3) is 0 Å². The molecule has 0 saturated carbocycles. The lowest BCUT2D eigenvalue weighted by molar-refractivity contribution is -0.122. The van der Waals surface area contributed by atoms with Gasteiger partial charge in [0.2, 0.25) is 5.91 Å². The molecule has 4 heteroatoms. The van der Waals surface area contributed by atoms with Gasteiger partial charge in [0.15, 0.2) is 0 Å². The summed E-state index contributed by atoms with van der Waals surface area (Å²) in [6, 6.07) is 0.315. The van der Waals surface area contributed by atoms with Gasteiger partial charge in [-0.1, -0.05) is 5.92 Å². The van der Waals surface area contributed by atoms with Crippen molar-refractivity contribution in [1.82, 2.24) is 15.5 Å². The maximum atomic E-state index is 11.3. The van der Waals surface area contributed by atoms with Gasteiger partial charge in [-0.05, 0) is 19.8 Å². The molecule has 16 heavy (non-hydrogen) atoms. The van der Waals surface area contributed by atoms with E-state index in [0.717, 1.165) is 32.5 Å². The van der Waals surface area contributed by atoms with Crippen molar-refractivity contribution in [2.24, 2.45) is 0 Å². The Bertz CT molecular complexity index is 264. The molecule has 4 nitrogen and oxygen atoms in total. The molecule has 1 aliphatic rings. The van der Waals surface area contributed by atoms with Gasteiger partial charge < -0.3 is 10.6 Å². The van der Waals surface area contributed by atoms with Crippen LogP contribution in [0.3, 0.4) is 0 Å². The van der Waals surface area contributed by atoms with Gasteiger partial charge in [-0.25, -0.2) is 0 Å². The van der Waals surface area contributed by atoms with E-state index < -0.39 is 0 Å². The summed E-state index contributed by atoms with van der Waals surface area (Å²) in [5.41, 5.74) is 0. The van der Waals surface area contributed by atoms with Crippen molar-refractivity contribution in [3.05, 3.63) is 0 Å². The molecule has 0 bridgehead atoms. The van der Waals surface area contributed by atoms with E-state index in [4.69, 9.17) is 6.42 Å². The Balaban J connectivity index is 2.27.